The third-order valence-corrected chi connectivity index (χ3v) is 5.18. The molecule has 1 atom stereocenters. The number of rotatable bonds is 4. The number of hydrogen-bond donors (Lipinski definition) is 1. The topological polar surface area (TPSA) is 71.0 Å². The molecule has 1 fully saturated rings. The van der Waals surface area contributed by atoms with Crippen LogP contribution in [0.5, 0.6) is 0 Å². The zero-order valence-corrected chi connectivity index (χ0v) is 16.1. The van der Waals surface area contributed by atoms with Gasteiger partial charge in [-0.05, 0) is 33.1 Å². The van der Waals surface area contributed by atoms with E-state index in [1.165, 1.54) is 0 Å². The van der Waals surface area contributed by atoms with E-state index in [9.17, 15) is 4.79 Å². The minimum atomic E-state index is -0.0397. The Balaban J connectivity index is 1.88. The van der Waals surface area contributed by atoms with Gasteiger partial charge < -0.3 is 10.2 Å². The molecule has 3 heterocycles. The summed E-state index contributed by atoms with van der Waals surface area (Å²) in [4.78, 5) is 28.3. The van der Waals surface area contributed by atoms with Crippen molar-refractivity contribution in [2.45, 2.75) is 53.0 Å². The maximum Gasteiger partial charge on any atom is 0.225 e. The molecule has 2 aromatic heterocycles. The van der Waals surface area contributed by atoms with Crippen LogP contribution in [0.2, 0.25) is 0 Å². The van der Waals surface area contributed by atoms with Crippen LogP contribution in [0.4, 0.5) is 10.9 Å². The molecule has 25 heavy (non-hydrogen) atoms. The highest BCUT2D eigenvalue weighted by atomic mass is 32.1. The lowest BCUT2D eigenvalue weighted by Crippen LogP contribution is -2.41. The van der Waals surface area contributed by atoms with Crippen molar-refractivity contribution in [2.24, 2.45) is 5.92 Å². The van der Waals surface area contributed by atoms with Gasteiger partial charge in [-0.15, -0.1) is 11.3 Å². The number of likely N-dealkylation sites (tertiary alicyclic amines) is 1. The highest BCUT2D eigenvalue weighted by molar-refractivity contribution is 7.13. The van der Waals surface area contributed by atoms with Crippen molar-refractivity contribution >= 4 is 28.2 Å². The Hall–Kier alpha value is -2.02. The largest absolute Gasteiger partial charge is 0.332 e. The Morgan fingerprint density at radius 3 is 2.72 bits per heavy atom. The number of thiazole rings is 1. The highest BCUT2D eigenvalue weighted by Gasteiger charge is 2.31. The van der Waals surface area contributed by atoms with Gasteiger partial charge >= 0.3 is 0 Å². The molecule has 6 nitrogen and oxygen atoms in total. The van der Waals surface area contributed by atoms with Crippen LogP contribution in [0, 0.1) is 19.8 Å². The van der Waals surface area contributed by atoms with Crippen molar-refractivity contribution in [3.63, 3.8) is 0 Å². The fourth-order valence-corrected chi connectivity index (χ4v) is 3.82. The summed E-state index contributed by atoms with van der Waals surface area (Å²) in [5, 5.41) is 6.09. The van der Waals surface area contributed by atoms with E-state index < -0.39 is 0 Å². The third kappa shape index (κ3) is 4.15. The van der Waals surface area contributed by atoms with E-state index in [2.05, 4.69) is 15.3 Å². The molecule has 0 aromatic carbocycles. The Bertz CT molecular complexity index is 758. The number of amides is 1. The van der Waals surface area contributed by atoms with Crippen molar-refractivity contribution in [3.8, 4) is 0 Å². The maximum atomic E-state index is 12.6. The number of nitrogens with one attached hydrogen (secondary N) is 1. The van der Waals surface area contributed by atoms with Gasteiger partial charge in [-0.3, -0.25) is 4.79 Å². The van der Waals surface area contributed by atoms with Gasteiger partial charge in [0, 0.05) is 29.6 Å². The molecule has 0 unspecified atom stereocenters. The molecular formula is C18H25N5OS. The second kappa shape index (κ2) is 7.47. The molecule has 0 radical (unpaired) electrons. The molecule has 134 valence electrons. The summed E-state index contributed by atoms with van der Waals surface area (Å²) in [7, 11) is 0. The molecule has 2 aromatic rings. The van der Waals surface area contributed by atoms with Crippen LogP contribution in [-0.2, 0) is 4.79 Å². The van der Waals surface area contributed by atoms with Gasteiger partial charge in [0.1, 0.15) is 5.82 Å². The molecular weight excluding hydrogens is 334 g/mol. The number of aryl methyl sites for hydroxylation is 2. The summed E-state index contributed by atoms with van der Waals surface area (Å²) in [5.74, 6) is 1.63. The number of carbonyl (C=O) groups excluding carboxylic acids is 1. The van der Waals surface area contributed by atoms with Crippen LogP contribution < -0.4 is 5.32 Å². The maximum absolute atomic E-state index is 12.6. The average molecular weight is 359 g/mol. The summed E-state index contributed by atoms with van der Waals surface area (Å²) in [6.07, 6.45) is 3.06. The molecule has 0 saturated carbocycles. The monoisotopic (exact) mass is 359 g/mol. The van der Waals surface area contributed by atoms with Gasteiger partial charge in [0.25, 0.3) is 0 Å². The lowest BCUT2D eigenvalue weighted by Gasteiger charge is -2.36. The summed E-state index contributed by atoms with van der Waals surface area (Å²) < 4.78 is 0. The smallest absolute Gasteiger partial charge is 0.225 e. The average Bonchev–Trinajstić information content (AvgIpc) is 2.98. The zero-order chi connectivity index (χ0) is 18.0. The summed E-state index contributed by atoms with van der Waals surface area (Å²) in [6.45, 7) is 8.61. The summed E-state index contributed by atoms with van der Waals surface area (Å²) in [5.41, 5.74) is 1.88. The molecule has 1 aliphatic heterocycles. The molecule has 1 amide bonds. The Kier molecular flexibility index (Phi) is 5.32. The molecule has 1 saturated heterocycles. The lowest BCUT2D eigenvalue weighted by atomic mass is 9.99. The molecule has 0 aliphatic carbocycles. The first-order chi connectivity index (χ1) is 11.9. The second-order valence-corrected chi connectivity index (χ2v) is 7.73. The first-order valence-corrected chi connectivity index (χ1v) is 9.67. The predicted octanol–water partition coefficient (Wildman–Crippen LogP) is 4.00. The number of nitrogens with zero attached hydrogens (tertiary/aromatic N) is 4. The fraction of sp³-hybridized carbons (Fsp3) is 0.556. The van der Waals surface area contributed by atoms with E-state index in [0.29, 0.717) is 0 Å². The van der Waals surface area contributed by atoms with E-state index in [1.54, 1.807) is 11.3 Å². The van der Waals surface area contributed by atoms with Gasteiger partial charge in [0.15, 0.2) is 11.0 Å². The van der Waals surface area contributed by atoms with Crippen molar-refractivity contribution < 1.29 is 4.79 Å². The van der Waals surface area contributed by atoms with Crippen LogP contribution in [0.25, 0.3) is 0 Å². The van der Waals surface area contributed by atoms with Gasteiger partial charge in [0.05, 0.1) is 11.7 Å². The second-order valence-electron chi connectivity index (χ2n) is 6.87. The molecule has 0 bridgehead atoms. The Morgan fingerprint density at radius 2 is 2.04 bits per heavy atom. The van der Waals surface area contributed by atoms with Crippen LogP contribution >= 0.6 is 11.3 Å². The van der Waals surface area contributed by atoms with Crippen LogP contribution in [0.3, 0.4) is 0 Å². The highest BCUT2D eigenvalue weighted by Crippen LogP contribution is 2.31. The van der Waals surface area contributed by atoms with E-state index in [0.717, 1.165) is 54.0 Å². The Morgan fingerprint density at radius 1 is 1.24 bits per heavy atom. The quantitative estimate of drug-likeness (QED) is 0.893. The normalized spacial score (nSPS) is 17.8. The fourth-order valence-electron chi connectivity index (χ4n) is 3.12. The first kappa shape index (κ1) is 17.8. The Labute approximate surface area is 152 Å². The molecule has 0 spiro atoms. The van der Waals surface area contributed by atoms with E-state index in [1.807, 2.05) is 44.0 Å². The molecule has 3 rings (SSSR count). The van der Waals surface area contributed by atoms with Gasteiger partial charge in [-0.25, -0.2) is 15.0 Å². The number of aromatic nitrogens is 3. The number of carbonyl (C=O) groups is 1. The van der Waals surface area contributed by atoms with Gasteiger partial charge in [-0.2, -0.15) is 0 Å². The van der Waals surface area contributed by atoms with E-state index in [4.69, 9.17) is 4.98 Å². The SMILES string of the molecule is Cc1cc(Nc2nc(C)cs2)nc([C@@H]2CCCCN2C(=O)C(C)C)n1. The number of piperidine rings is 1. The summed E-state index contributed by atoms with van der Waals surface area (Å²) in [6, 6.07) is 1.87. The first-order valence-electron chi connectivity index (χ1n) is 8.79. The predicted molar refractivity (Wildman–Crippen MR) is 100 cm³/mol. The molecule has 1 N–H and O–H groups in total. The lowest BCUT2D eigenvalue weighted by molar-refractivity contribution is -0.138. The number of hydrogen-bond acceptors (Lipinski definition) is 6. The van der Waals surface area contributed by atoms with Crippen molar-refractivity contribution in [1.29, 1.82) is 0 Å². The van der Waals surface area contributed by atoms with Crippen molar-refractivity contribution in [1.82, 2.24) is 19.9 Å². The number of anilines is 2. The van der Waals surface area contributed by atoms with Crippen molar-refractivity contribution in [3.05, 3.63) is 28.7 Å². The van der Waals surface area contributed by atoms with Crippen LogP contribution in [0.15, 0.2) is 11.4 Å². The van der Waals surface area contributed by atoms with Crippen LogP contribution in [0.1, 0.15) is 56.4 Å². The van der Waals surface area contributed by atoms with E-state index in [-0.39, 0.29) is 17.9 Å². The standard InChI is InChI=1S/C18H25N5OS/c1-11(2)17(24)23-8-6-5-7-14(23)16-19-12(3)9-15(21-16)22-18-20-13(4)10-25-18/h9-11,14H,5-8H2,1-4H3,(H,19,20,21,22)/t14-/m0/s1. The zero-order valence-electron chi connectivity index (χ0n) is 15.2. The summed E-state index contributed by atoms with van der Waals surface area (Å²) >= 11 is 1.55. The van der Waals surface area contributed by atoms with Crippen molar-refractivity contribution in [2.75, 3.05) is 11.9 Å². The third-order valence-electron chi connectivity index (χ3n) is 4.30. The van der Waals surface area contributed by atoms with E-state index >= 15 is 0 Å². The van der Waals surface area contributed by atoms with Crippen LogP contribution in [-0.4, -0.2) is 32.3 Å². The van der Waals surface area contributed by atoms with Gasteiger partial charge in [-0.1, -0.05) is 13.8 Å². The molecule has 7 heteroatoms. The van der Waals surface area contributed by atoms with Gasteiger partial charge in [0.2, 0.25) is 5.91 Å². The minimum Gasteiger partial charge on any atom is -0.332 e. The molecule has 1 aliphatic rings. The minimum absolute atomic E-state index is 0.0127.